The lowest BCUT2D eigenvalue weighted by molar-refractivity contribution is -0.859. The highest BCUT2D eigenvalue weighted by atomic mass is 31.0. The molecule has 0 amide bonds. The Morgan fingerprint density at radius 1 is 1.33 bits per heavy atom. The van der Waals surface area contributed by atoms with Crippen molar-refractivity contribution in [1.82, 2.24) is 0 Å². The second-order valence-electron chi connectivity index (χ2n) is 6.32. The second kappa shape index (κ2) is 10.5. The Bertz CT molecular complexity index is 547. The molecule has 2 unspecified atom stereocenters. The molecule has 1 aromatic rings. The van der Waals surface area contributed by atoms with E-state index in [0.29, 0.717) is 18.6 Å². The number of hydrogen-bond donors (Lipinski definition) is 0. The number of likely N-dealkylation sites (N-methyl/N-ethyl adjacent to an activating group) is 1. The summed E-state index contributed by atoms with van der Waals surface area (Å²) in [5.74, 6) is 1.86. The molecule has 2 atom stereocenters. The first kappa shape index (κ1) is 20.7. The largest absolute Gasteiger partial charge is 0.493 e. The van der Waals surface area contributed by atoms with Crippen LogP contribution < -0.4 is 9.26 Å². The van der Waals surface area contributed by atoms with Crippen LogP contribution in [-0.2, 0) is 11.2 Å². The number of benzene rings is 1. The SMILES string of the molecule is C=C[N+](C)(CCCC(=O)CCC)CCc1cccc(OC)c1OP. The Morgan fingerprint density at radius 2 is 2.08 bits per heavy atom. The summed E-state index contributed by atoms with van der Waals surface area (Å²) in [4.78, 5) is 11.7. The molecule has 0 saturated carbocycles. The van der Waals surface area contributed by atoms with Crippen LogP contribution in [0.25, 0.3) is 0 Å². The van der Waals surface area contributed by atoms with E-state index in [0.717, 1.165) is 53.9 Å². The molecule has 0 aliphatic rings. The van der Waals surface area contributed by atoms with Gasteiger partial charge in [-0.1, -0.05) is 19.1 Å². The van der Waals surface area contributed by atoms with Crippen molar-refractivity contribution in [3.05, 3.63) is 36.5 Å². The molecule has 134 valence electrons. The molecule has 0 aliphatic heterocycles. The number of ether oxygens (including phenoxy) is 1. The summed E-state index contributed by atoms with van der Waals surface area (Å²) in [5.41, 5.74) is 1.11. The van der Waals surface area contributed by atoms with Gasteiger partial charge in [0, 0.05) is 31.2 Å². The lowest BCUT2D eigenvalue weighted by atomic mass is 10.1. The summed E-state index contributed by atoms with van der Waals surface area (Å²) >= 11 is 0. The van der Waals surface area contributed by atoms with Gasteiger partial charge in [-0.3, -0.25) is 9.28 Å². The third-order valence-corrected chi connectivity index (χ3v) is 4.62. The number of methoxy groups -OCH3 is 1. The number of para-hydroxylation sites is 1. The molecule has 1 aromatic carbocycles. The van der Waals surface area contributed by atoms with E-state index in [-0.39, 0.29) is 0 Å². The number of ketones is 1. The van der Waals surface area contributed by atoms with Gasteiger partial charge in [0.25, 0.3) is 0 Å². The van der Waals surface area contributed by atoms with Gasteiger partial charge in [0.05, 0.1) is 42.9 Å². The van der Waals surface area contributed by atoms with Crippen LogP contribution in [0.2, 0.25) is 0 Å². The van der Waals surface area contributed by atoms with E-state index >= 15 is 0 Å². The van der Waals surface area contributed by atoms with Gasteiger partial charge in [-0.25, -0.2) is 0 Å². The van der Waals surface area contributed by atoms with Crippen LogP contribution in [0.5, 0.6) is 11.5 Å². The molecule has 5 heteroatoms. The average molecular weight is 352 g/mol. The standard InChI is InChI=1S/C19H31NO3P/c1-5-9-17(21)11-8-14-20(3,6-2)15-13-16-10-7-12-18(22-4)19(16)23-24/h6-7,10,12H,2,5,8-9,11,13-15,24H2,1,3-4H3/q+1. The maximum Gasteiger partial charge on any atom is 0.167 e. The van der Waals surface area contributed by atoms with Crippen molar-refractivity contribution < 1.29 is 18.5 Å². The number of carbonyl (C=O) groups is 1. The molecule has 4 nitrogen and oxygen atoms in total. The van der Waals surface area contributed by atoms with Crippen molar-refractivity contribution >= 4 is 15.2 Å². The van der Waals surface area contributed by atoms with E-state index in [1.165, 1.54) is 0 Å². The zero-order valence-electron chi connectivity index (χ0n) is 15.2. The first-order chi connectivity index (χ1) is 11.5. The summed E-state index contributed by atoms with van der Waals surface area (Å²) in [6, 6.07) is 5.92. The zero-order valence-corrected chi connectivity index (χ0v) is 16.4. The molecule has 1 rings (SSSR count). The highest BCUT2D eigenvalue weighted by Crippen LogP contribution is 2.33. The predicted molar refractivity (Wildman–Crippen MR) is 102 cm³/mol. The summed E-state index contributed by atoms with van der Waals surface area (Å²) in [6.07, 6.45) is 6.00. The van der Waals surface area contributed by atoms with Crippen LogP contribution >= 0.6 is 9.47 Å². The summed E-state index contributed by atoms with van der Waals surface area (Å²) in [5, 5.41) is 0. The Labute approximate surface area is 148 Å². The number of carbonyl (C=O) groups excluding carboxylic acids is 1. The number of rotatable bonds is 12. The van der Waals surface area contributed by atoms with E-state index in [1.807, 2.05) is 25.3 Å². The number of nitrogens with zero attached hydrogens (tertiary/aromatic N) is 1. The fourth-order valence-electron chi connectivity index (χ4n) is 2.76. The molecule has 0 spiro atoms. The molecule has 0 radical (unpaired) electrons. The molecular weight excluding hydrogens is 321 g/mol. The number of hydrogen-bond acceptors (Lipinski definition) is 3. The van der Waals surface area contributed by atoms with Crippen LogP contribution in [0.3, 0.4) is 0 Å². The first-order valence-electron chi connectivity index (χ1n) is 8.51. The van der Waals surface area contributed by atoms with E-state index in [9.17, 15) is 4.79 Å². The minimum Gasteiger partial charge on any atom is -0.493 e. The summed E-state index contributed by atoms with van der Waals surface area (Å²) in [7, 11) is 6.08. The molecular formula is C19H31NO3P+. The zero-order chi connectivity index (χ0) is 18.0. The lowest BCUT2D eigenvalue weighted by Crippen LogP contribution is -2.40. The van der Waals surface area contributed by atoms with Crippen molar-refractivity contribution in [2.45, 2.75) is 39.0 Å². The van der Waals surface area contributed by atoms with E-state index in [2.05, 4.69) is 29.2 Å². The Balaban J connectivity index is 2.65. The van der Waals surface area contributed by atoms with Crippen molar-refractivity contribution in [1.29, 1.82) is 0 Å². The summed E-state index contributed by atoms with van der Waals surface area (Å²) in [6.45, 7) is 7.85. The lowest BCUT2D eigenvalue weighted by Gasteiger charge is -2.30. The predicted octanol–water partition coefficient (Wildman–Crippen LogP) is 4.15. The Hall–Kier alpha value is -1.38. The van der Waals surface area contributed by atoms with Gasteiger partial charge in [-0.2, -0.15) is 0 Å². The minimum atomic E-state index is 0.361. The van der Waals surface area contributed by atoms with E-state index < -0.39 is 0 Å². The van der Waals surface area contributed by atoms with Gasteiger partial charge in [-0.05, 0) is 19.1 Å². The van der Waals surface area contributed by atoms with Crippen molar-refractivity contribution in [3.63, 3.8) is 0 Å². The topological polar surface area (TPSA) is 35.5 Å². The molecule has 0 saturated heterocycles. The van der Waals surface area contributed by atoms with Gasteiger partial charge in [0.1, 0.15) is 5.78 Å². The highest BCUT2D eigenvalue weighted by molar-refractivity contribution is 7.10. The second-order valence-corrected chi connectivity index (χ2v) is 6.55. The van der Waals surface area contributed by atoms with Crippen LogP contribution in [0.4, 0.5) is 0 Å². The molecule has 0 bridgehead atoms. The van der Waals surface area contributed by atoms with Crippen LogP contribution in [0, 0.1) is 0 Å². The maximum absolute atomic E-state index is 11.7. The third kappa shape index (κ3) is 6.26. The average Bonchev–Trinajstić information content (AvgIpc) is 2.59. The smallest absolute Gasteiger partial charge is 0.167 e. The van der Waals surface area contributed by atoms with Crippen molar-refractivity contribution in [3.8, 4) is 11.5 Å². The number of quaternary nitrogens is 1. The molecule has 0 heterocycles. The van der Waals surface area contributed by atoms with Crippen molar-refractivity contribution in [2.75, 3.05) is 27.2 Å². The highest BCUT2D eigenvalue weighted by Gasteiger charge is 2.20. The van der Waals surface area contributed by atoms with Gasteiger partial charge in [0.15, 0.2) is 11.5 Å². The molecule has 0 fully saturated rings. The molecule has 24 heavy (non-hydrogen) atoms. The monoisotopic (exact) mass is 352 g/mol. The number of Topliss-reactive ketones (excluding diaryl/α,β-unsaturated/α-hetero) is 1. The minimum absolute atomic E-state index is 0.361. The van der Waals surface area contributed by atoms with Gasteiger partial charge in [0.2, 0.25) is 0 Å². The molecule has 0 aromatic heterocycles. The van der Waals surface area contributed by atoms with Crippen LogP contribution in [0.1, 0.15) is 38.2 Å². The fraction of sp³-hybridized carbons (Fsp3) is 0.526. The maximum atomic E-state index is 11.7. The van der Waals surface area contributed by atoms with E-state index in [4.69, 9.17) is 9.26 Å². The summed E-state index contributed by atoms with van der Waals surface area (Å²) < 4.78 is 11.5. The quantitative estimate of drug-likeness (QED) is 0.419. The molecule has 0 aliphatic carbocycles. The van der Waals surface area contributed by atoms with Crippen molar-refractivity contribution in [2.24, 2.45) is 0 Å². The molecule has 0 N–H and O–H groups in total. The van der Waals surface area contributed by atoms with Gasteiger partial charge < -0.3 is 9.26 Å². The third-order valence-electron chi connectivity index (χ3n) is 4.38. The Kier molecular flexibility index (Phi) is 9.02. The normalized spacial score (nSPS) is 13.2. The van der Waals surface area contributed by atoms with Gasteiger partial charge >= 0.3 is 0 Å². The first-order valence-corrected chi connectivity index (χ1v) is 8.99. The van der Waals surface area contributed by atoms with Crippen LogP contribution in [0.15, 0.2) is 31.0 Å². The Morgan fingerprint density at radius 3 is 2.67 bits per heavy atom. The van der Waals surface area contributed by atoms with Crippen LogP contribution in [-0.4, -0.2) is 37.5 Å². The van der Waals surface area contributed by atoms with Gasteiger partial charge in [-0.15, -0.1) is 0 Å². The van der Waals surface area contributed by atoms with E-state index in [1.54, 1.807) is 7.11 Å². The fourth-order valence-corrected chi connectivity index (χ4v) is 3.03.